The van der Waals surface area contributed by atoms with E-state index in [1.807, 2.05) is 19.2 Å². The summed E-state index contributed by atoms with van der Waals surface area (Å²) in [6.07, 6.45) is 1.44. The van der Waals surface area contributed by atoms with Crippen LogP contribution in [0.25, 0.3) is 11.3 Å². The minimum Gasteiger partial charge on any atom is -0.443 e. The number of hydrogen-bond donors (Lipinski definition) is 1. The molecule has 0 aliphatic heterocycles. The molecule has 0 aliphatic rings. The van der Waals surface area contributed by atoms with Gasteiger partial charge in [0.05, 0.1) is 11.6 Å². The molecule has 0 fully saturated rings. The molecule has 0 aliphatic carbocycles. The fourth-order valence-corrected chi connectivity index (χ4v) is 1.87. The minimum absolute atomic E-state index is 0.612. The standard InChI is InChI=1S/C14H16N4O/c1-18(7-6-15)9-13-14(19-10-17-13)12-4-2-11(8-16)3-5-12/h2-5,10H,6-7,9,15H2,1H3. The summed E-state index contributed by atoms with van der Waals surface area (Å²) in [5.74, 6) is 0.744. The van der Waals surface area contributed by atoms with Crippen LogP contribution in [-0.2, 0) is 6.54 Å². The van der Waals surface area contributed by atoms with Crippen LogP contribution in [0.1, 0.15) is 11.3 Å². The molecule has 0 spiro atoms. The molecule has 0 atom stereocenters. The van der Waals surface area contributed by atoms with E-state index in [9.17, 15) is 0 Å². The summed E-state index contributed by atoms with van der Waals surface area (Å²) in [6.45, 7) is 2.10. The normalized spacial score (nSPS) is 10.6. The predicted octanol–water partition coefficient (Wildman–Crippen LogP) is 1.60. The van der Waals surface area contributed by atoms with E-state index in [1.54, 1.807) is 12.1 Å². The Morgan fingerprint density at radius 2 is 2.11 bits per heavy atom. The summed E-state index contributed by atoms with van der Waals surface area (Å²) in [7, 11) is 1.99. The van der Waals surface area contributed by atoms with Gasteiger partial charge in [0, 0.05) is 25.2 Å². The molecule has 5 nitrogen and oxygen atoms in total. The van der Waals surface area contributed by atoms with Crippen molar-refractivity contribution in [3.8, 4) is 17.4 Å². The molecule has 2 rings (SSSR count). The minimum atomic E-state index is 0.612. The zero-order chi connectivity index (χ0) is 13.7. The highest BCUT2D eigenvalue weighted by Crippen LogP contribution is 2.24. The molecular weight excluding hydrogens is 240 g/mol. The number of benzene rings is 1. The monoisotopic (exact) mass is 256 g/mol. The van der Waals surface area contributed by atoms with Crippen molar-refractivity contribution in [1.82, 2.24) is 9.88 Å². The van der Waals surface area contributed by atoms with Crippen LogP contribution in [0.2, 0.25) is 0 Å². The first-order valence-electron chi connectivity index (χ1n) is 6.06. The highest BCUT2D eigenvalue weighted by atomic mass is 16.3. The number of nitrogens with two attached hydrogens (primary N) is 1. The summed E-state index contributed by atoms with van der Waals surface area (Å²) in [6, 6.07) is 9.37. The number of oxazole rings is 1. The molecule has 98 valence electrons. The molecule has 1 heterocycles. The number of nitriles is 1. The molecule has 0 amide bonds. The topological polar surface area (TPSA) is 79.1 Å². The van der Waals surface area contributed by atoms with Crippen LogP contribution in [0, 0.1) is 11.3 Å². The summed E-state index contributed by atoms with van der Waals surface area (Å²) in [4.78, 5) is 6.33. The van der Waals surface area contributed by atoms with Gasteiger partial charge in [-0.15, -0.1) is 0 Å². The van der Waals surface area contributed by atoms with Crippen LogP contribution in [0.5, 0.6) is 0 Å². The lowest BCUT2D eigenvalue weighted by molar-refractivity contribution is 0.332. The maximum atomic E-state index is 8.79. The van der Waals surface area contributed by atoms with Crippen molar-refractivity contribution < 1.29 is 4.42 Å². The third-order valence-corrected chi connectivity index (χ3v) is 2.85. The van der Waals surface area contributed by atoms with Crippen LogP contribution in [0.15, 0.2) is 35.1 Å². The molecule has 0 saturated carbocycles. The quantitative estimate of drug-likeness (QED) is 0.879. The van der Waals surface area contributed by atoms with Gasteiger partial charge in [-0.25, -0.2) is 4.98 Å². The fourth-order valence-electron chi connectivity index (χ4n) is 1.87. The van der Waals surface area contributed by atoms with Crippen molar-refractivity contribution in [3.63, 3.8) is 0 Å². The van der Waals surface area contributed by atoms with E-state index >= 15 is 0 Å². The third-order valence-electron chi connectivity index (χ3n) is 2.85. The number of nitrogens with zero attached hydrogens (tertiary/aromatic N) is 3. The van der Waals surface area contributed by atoms with Crippen molar-refractivity contribution in [2.24, 2.45) is 5.73 Å². The molecule has 0 unspecified atom stereocenters. The van der Waals surface area contributed by atoms with E-state index in [2.05, 4.69) is 16.0 Å². The fraction of sp³-hybridized carbons (Fsp3) is 0.286. The Balaban J connectivity index is 2.21. The van der Waals surface area contributed by atoms with Crippen LogP contribution in [0.4, 0.5) is 0 Å². The van der Waals surface area contributed by atoms with Gasteiger partial charge in [0.15, 0.2) is 12.2 Å². The van der Waals surface area contributed by atoms with Gasteiger partial charge in [-0.2, -0.15) is 5.26 Å². The smallest absolute Gasteiger partial charge is 0.181 e. The molecule has 0 saturated heterocycles. The Bertz CT molecular complexity index is 568. The lowest BCUT2D eigenvalue weighted by Gasteiger charge is -2.14. The molecule has 19 heavy (non-hydrogen) atoms. The molecular formula is C14H16N4O. The lowest BCUT2D eigenvalue weighted by atomic mass is 10.1. The maximum Gasteiger partial charge on any atom is 0.181 e. The van der Waals surface area contributed by atoms with Crippen LogP contribution in [0.3, 0.4) is 0 Å². The summed E-state index contributed by atoms with van der Waals surface area (Å²) in [5, 5.41) is 8.79. The largest absolute Gasteiger partial charge is 0.443 e. The van der Waals surface area contributed by atoms with Gasteiger partial charge in [0.2, 0.25) is 0 Å². The lowest BCUT2D eigenvalue weighted by Crippen LogP contribution is -2.25. The van der Waals surface area contributed by atoms with E-state index in [1.165, 1.54) is 6.39 Å². The second-order valence-electron chi connectivity index (χ2n) is 4.34. The SMILES string of the molecule is CN(CCN)Cc1ncoc1-c1ccc(C#N)cc1. The Morgan fingerprint density at radius 1 is 1.37 bits per heavy atom. The average Bonchev–Trinajstić information content (AvgIpc) is 2.87. The average molecular weight is 256 g/mol. The van der Waals surface area contributed by atoms with E-state index in [4.69, 9.17) is 15.4 Å². The Labute approximate surface area is 112 Å². The number of rotatable bonds is 5. The highest BCUT2D eigenvalue weighted by Gasteiger charge is 2.12. The van der Waals surface area contributed by atoms with E-state index in [0.29, 0.717) is 18.7 Å². The first-order chi connectivity index (χ1) is 9.24. The van der Waals surface area contributed by atoms with Crippen molar-refractivity contribution in [2.75, 3.05) is 20.1 Å². The van der Waals surface area contributed by atoms with Crippen molar-refractivity contribution in [3.05, 3.63) is 41.9 Å². The van der Waals surface area contributed by atoms with Gasteiger partial charge in [-0.05, 0) is 31.3 Å². The summed E-state index contributed by atoms with van der Waals surface area (Å²) >= 11 is 0. The van der Waals surface area contributed by atoms with Gasteiger partial charge in [-0.1, -0.05) is 0 Å². The van der Waals surface area contributed by atoms with Crippen LogP contribution < -0.4 is 5.73 Å². The first kappa shape index (κ1) is 13.3. The van der Waals surface area contributed by atoms with Crippen LogP contribution in [-0.4, -0.2) is 30.0 Å². The van der Waals surface area contributed by atoms with Crippen molar-refractivity contribution >= 4 is 0 Å². The van der Waals surface area contributed by atoms with E-state index in [-0.39, 0.29) is 0 Å². The Kier molecular flexibility index (Phi) is 4.29. The van der Waals surface area contributed by atoms with Crippen molar-refractivity contribution in [1.29, 1.82) is 5.26 Å². The highest BCUT2D eigenvalue weighted by molar-refractivity contribution is 5.60. The number of likely N-dealkylation sites (N-methyl/N-ethyl adjacent to an activating group) is 1. The Morgan fingerprint density at radius 3 is 2.74 bits per heavy atom. The van der Waals surface area contributed by atoms with E-state index < -0.39 is 0 Å². The molecule has 1 aromatic heterocycles. The predicted molar refractivity (Wildman–Crippen MR) is 72.0 cm³/mol. The van der Waals surface area contributed by atoms with Gasteiger partial charge < -0.3 is 10.2 Å². The van der Waals surface area contributed by atoms with Gasteiger partial charge in [0.1, 0.15) is 5.69 Å². The molecule has 2 aromatic rings. The van der Waals surface area contributed by atoms with Gasteiger partial charge >= 0.3 is 0 Å². The zero-order valence-electron chi connectivity index (χ0n) is 10.8. The second-order valence-corrected chi connectivity index (χ2v) is 4.34. The molecule has 0 radical (unpaired) electrons. The Hall–Kier alpha value is -2.16. The molecule has 1 aromatic carbocycles. The third kappa shape index (κ3) is 3.19. The molecule has 5 heteroatoms. The zero-order valence-corrected chi connectivity index (χ0v) is 10.8. The van der Waals surface area contributed by atoms with Crippen molar-refractivity contribution in [2.45, 2.75) is 6.54 Å². The van der Waals surface area contributed by atoms with Crippen LogP contribution >= 0.6 is 0 Å². The number of hydrogen-bond acceptors (Lipinski definition) is 5. The number of aromatic nitrogens is 1. The van der Waals surface area contributed by atoms with E-state index in [0.717, 1.165) is 23.6 Å². The molecule has 0 bridgehead atoms. The molecule has 2 N–H and O–H groups in total. The van der Waals surface area contributed by atoms with Gasteiger partial charge in [-0.3, -0.25) is 4.90 Å². The van der Waals surface area contributed by atoms with Gasteiger partial charge in [0.25, 0.3) is 0 Å². The summed E-state index contributed by atoms with van der Waals surface area (Å²) < 4.78 is 5.45. The maximum absolute atomic E-state index is 8.79. The summed E-state index contributed by atoms with van der Waals surface area (Å²) in [5.41, 5.74) is 7.95. The first-order valence-corrected chi connectivity index (χ1v) is 6.06. The second kappa shape index (κ2) is 6.14.